The number of hydrogen-bond acceptors (Lipinski definition) is 5. The highest BCUT2D eigenvalue weighted by molar-refractivity contribution is 6.12. The monoisotopic (exact) mass is 554 g/mol. The number of ketones is 1. The van der Waals surface area contributed by atoms with Crippen LogP contribution in [0.1, 0.15) is 35.3 Å². The molecule has 4 aromatic rings. The van der Waals surface area contributed by atoms with Gasteiger partial charge in [-0.1, -0.05) is 80.6 Å². The topological polar surface area (TPSA) is 78.9 Å². The molecule has 4 rings (SSSR count). The zero-order valence-electron chi connectivity index (χ0n) is 23.3. The van der Waals surface area contributed by atoms with Crippen LogP contribution in [0.5, 0.6) is 5.75 Å². The Bertz CT molecular complexity index is 1440. The number of carboxylic acid groups (broad SMARTS) is 1. The minimum absolute atomic E-state index is 0.179. The summed E-state index contributed by atoms with van der Waals surface area (Å²) in [7, 11) is 0. The summed E-state index contributed by atoms with van der Waals surface area (Å²) in [5, 5.41) is 13.0. The molecule has 0 heterocycles. The lowest BCUT2D eigenvalue weighted by Gasteiger charge is -2.27. The molecule has 1 atom stereocenters. The summed E-state index contributed by atoms with van der Waals surface area (Å²) >= 11 is 0. The molecule has 0 spiro atoms. The van der Waals surface area contributed by atoms with Crippen LogP contribution < -0.4 is 15.0 Å². The normalized spacial score (nSPS) is 11.6. The van der Waals surface area contributed by atoms with Crippen molar-refractivity contribution in [1.82, 2.24) is 0 Å². The molecule has 0 aliphatic carbocycles. The van der Waals surface area contributed by atoms with Crippen LogP contribution in [0.15, 0.2) is 103 Å². The van der Waals surface area contributed by atoms with E-state index in [1.807, 2.05) is 29.2 Å². The molecule has 0 saturated heterocycles. The molecule has 7 heteroatoms. The molecule has 41 heavy (non-hydrogen) atoms. The maximum Gasteiger partial charge on any atom is 0.326 e. The smallest absolute Gasteiger partial charge is 0.326 e. The molecule has 0 amide bonds. The fourth-order valence-electron chi connectivity index (χ4n) is 4.63. The molecular formula is C34H35FN2O4. The molecular weight excluding hydrogens is 519 g/mol. The van der Waals surface area contributed by atoms with Gasteiger partial charge in [-0.15, -0.1) is 0 Å². The van der Waals surface area contributed by atoms with Gasteiger partial charge in [0.1, 0.15) is 24.2 Å². The second kappa shape index (κ2) is 14.1. The zero-order chi connectivity index (χ0) is 29.2. The van der Waals surface area contributed by atoms with Crippen LogP contribution in [-0.2, 0) is 11.2 Å². The van der Waals surface area contributed by atoms with E-state index in [1.54, 1.807) is 72.8 Å². The Labute approximate surface area is 240 Å². The molecule has 2 N–H and O–H groups in total. The van der Waals surface area contributed by atoms with Crippen molar-refractivity contribution in [3.63, 3.8) is 0 Å². The van der Waals surface area contributed by atoms with E-state index in [4.69, 9.17) is 4.74 Å². The van der Waals surface area contributed by atoms with Crippen LogP contribution in [0.3, 0.4) is 0 Å². The van der Waals surface area contributed by atoms with Gasteiger partial charge in [-0.05, 0) is 47.9 Å². The van der Waals surface area contributed by atoms with Crippen molar-refractivity contribution in [2.45, 2.75) is 26.3 Å². The third kappa shape index (κ3) is 8.18. The van der Waals surface area contributed by atoms with Crippen molar-refractivity contribution in [2.24, 2.45) is 5.92 Å². The Morgan fingerprint density at radius 3 is 2.22 bits per heavy atom. The Balaban J connectivity index is 1.38. The van der Waals surface area contributed by atoms with Crippen molar-refractivity contribution in [3.05, 3.63) is 126 Å². The fraction of sp³-hybridized carbons (Fsp3) is 0.235. The number of nitrogens with one attached hydrogen (secondary N) is 1. The Morgan fingerprint density at radius 2 is 1.54 bits per heavy atom. The maximum atomic E-state index is 14.4. The van der Waals surface area contributed by atoms with Gasteiger partial charge < -0.3 is 20.1 Å². The van der Waals surface area contributed by atoms with Crippen molar-refractivity contribution in [2.75, 3.05) is 29.9 Å². The van der Waals surface area contributed by atoms with Crippen LogP contribution in [-0.4, -0.2) is 42.6 Å². The number of hydrogen-bond donors (Lipinski definition) is 2. The van der Waals surface area contributed by atoms with E-state index in [0.717, 1.165) is 5.56 Å². The van der Waals surface area contributed by atoms with E-state index in [2.05, 4.69) is 19.2 Å². The Kier molecular flexibility index (Phi) is 10.1. The second-order valence-electron chi connectivity index (χ2n) is 10.3. The summed E-state index contributed by atoms with van der Waals surface area (Å²) in [5.41, 5.74) is 2.77. The van der Waals surface area contributed by atoms with Gasteiger partial charge in [-0.3, -0.25) is 4.79 Å². The van der Waals surface area contributed by atoms with Crippen molar-refractivity contribution < 1.29 is 23.8 Å². The molecule has 0 radical (unpaired) electrons. The lowest BCUT2D eigenvalue weighted by molar-refractivity contribution is -0.137. The molecule has 212 valence electrons. The minimum atomic E-state index is -1.02. The highest BCUT2D eigenvalue weighted by atomic mass is 19.1. The number of nitrogens with zero attached hydrogens (tertiary/aromatic N) is 1. The summed E-state index contributed by atoms with van der Waals surface area (Å²) in [6.07, 6.45) is 0.207. The van der Waals surface area contributed by atoms with E-state index < -0.39 is 12.0 Å². The van der Waals surface area contributed by atoms with Gasteiger partial charge in [0.05, 0.1) is 12.2 Å². The van der Waals surface area contributed by atoms with E-state index in [0.29, 0.717) is 53.9 Å². The minimum Gasteiger partial charge on any atom is -0.492 e. The SMILES string of the molecule is CC(C)CN(CCOc1ccc(CC(Nc2ccccc2C(=O)c2ccccc2)C(=O)O)cc1)c1ccccc1F. The van der Waals surface area contributed by atoms with Crippen LogP contribution in [0.4, 0.5) is 15.8 Å². The fourth-order valence-corrected chi connectivity index (χ4v) is 4.63. The third-order valence-corrected chi connectivity index (χ3v) is 6.61. The molecule has 0 aliphatic rings. The average Bonchev–Trinajstić information content (AvgIpc) is 2.97. The van der Waals surface area contributed by atoms with Crippen molar-refractivity contribution in [3.8, 4) is 5.75 Å². The molecule has 6 nitrogen and oxygen atoms in total. The standard InChI is InChI=1S/C34H35FN2O4/c1-24(2)23-37(32-15-9-7-13-29(32)35)20-21-41-27-18-16-25(17-19-27)22-31(34(39)40)36-30-14-8-6-12-28(30)33(38)26-10-4-3-5-11-26/h3-19,24,31,36H,20-23H2,1-2H3,(H,39,40). The highest BCUT2D eigenvalue weighted by Gasteiger charge is 2.21. The van der Waals surface area contributed by atoms with Gasteiger partial charge in [0.25, 0.3) is 0 Å². The third-order valence-electron chi connectivity index (χ3n) is 6.61. The molecule has 0 fully saturated rings. The number of carbonyl (C=O) groups excluding carboxylic acids is 1. The summed E-state index contributed by atoms with van der Waals surface area (Å²) in [5.74, 6) is -0.461. The van der Waals surface area contributed by atoms with Crippen LogP contribution >= 0.6 is 0 Å². The van der Waals surface area contributed by atoms with Gasteiger partial charge in [0.2, 0.25) is 0 Å². The van der Waals surface area contributed by atoms with E-state index in [-0.39, 0.29) is 18.0 Å². The van der Waals surface area contributed by atoms with Gasteiger partial charge in [-0.2, -0.15) is 0 Å². The first-order valence-corrected chi connectivity index (χ1v) is 13.7. The first-order chi connectivity index (χ1) is 19.8. The molecule has 1 unspecified atom stereocenters. The van der Waals surface area contributed by atoms with Gasteiger partial charge >= 0.3 is 5.97 Å². The van der Waals surface area contributed by atoms with Crippen molar-refractivity contribution >= 4 is 23.1 Å². The number of carbonyl (C=O) groups is 2. The van der Waals surface area contributed by atoms with E-state index >= 15 is 0 Å². The number of halogens is 1. The molecule has 0 aliphatic heterocycles. The van der Waals surface area contributed by atoms with E-state index in [9.17, 15) is 19.1 Å². The first-order valence-electron chi connectivity index (χ1n) is 13.7. The number of carboxylic acids is 1. The number of benzene rings is 4. The number of para-hydroxylation sites is 2. The van der Waals surface area contributed by atoms with Gasteiger partial charge in [0.15, 0.2) is 5.78 Å². The predicted molar refractivity (Wildman–Crippen MR) is 160 cm³/mol. The summed E-state index contributed by atoms with van der Waals surface area (Å²) in [6.45, 7) is 5.77. The van der Waals surface area contributed by atoms with Crippen LogP contribution in [0.25, 0.3) is 0 Å². The summed E-state index contributed by atoms with van der Waals surface area (Å²) in [6, 6.07) is 28.9. The molecule has 4 aromatic carbocycles. The molecule has 0 saturated carbocycles. The number of ether oxygens (including phenoxy) is 1. The number of rotatable bonds is 14. The zero-order valence-corrected chi connectivity index (χ0v) is 23.3. The first kappa shape index (κ1) is 29.3. The average molecular weight is 555 g/mol. The van der Waals surface area contributed by atoms with E-state index in [1.165, 1.54) is 6.07 Å². The maximum absolute atomic E-state index is 14.4. The summed E-state index contributed by atoms with van der Waals surface area (Å²) in [4.78, 5) is 27.2. The van der Waals surface area contributed by atoms with Crippen LogP contribution in [0.2, 0.25) is 0 Å². The second-order valence-corrected chi connectivity index (χ2v) is 10.3. The Morgan fingerprint density at radius 1 is 0.878 bits per heavy atom. The lowest BCUT2D eigenvalue weighted by atomic mass is 10.00. The Hall–Kier alpha value is -4.65. The lowest BCUT2D eigenvalue weighted by Crippen LogP contribution is -2.32. The summed E-state index contributed by atoms with van der Waals surface area (Å²) < 4.78 is 20.3. The van der Waals surface area contributed by atoms with Gasteiger partial charge in [0, 0.05) is 29.8 Å². The largest absolute Gasteiger partial charge is 0.492 e. The van der Waals surface area contributed by atoms with Gasteiger partial charge in [-0.25, -0.2) is 9.18 Å². The highest BCUT2D eigenvalue weighted by Crippen LogP contribution is 2.23. The van der Waals surface area contributed by atoms with Crippen LogP contribution in [0, 0.1) is 11.7 Å². The molecule has 0 aromatic heterocycles. The quantitative estimate of drug-likeness (QED) is 0.169. The number of anilines is 2. The van der Waals surface area contributed by atoms with Crippen molar-refractivity contribution in [1.29, 1.82) is 0 Å². The molecule has 0 bridgehead atoms. The number of aliphatic carboxylic acids is 1. The predicted octanol–water partition coefficient (Wildman–Crippen LogP) is 6.71.